The molecule has 0 radical (unpaired) electrons. The van der Waals surface area contributed by atoms with E-state index in [0.29, 0.717) is 6.42 Å². The predicted molar refractivity (Wildman–Crippen MR) is 108 cm³/mol. The molecule has 0 spiro atoms. The standard InChI is InChI=1S/C21H44O3S.Na/c1-2-3-4-5-6-7-8-9-10-11-12-13-14-15-16-17-18-19-20-21-25(22,23)24;/h2-21H2,1H3,(H,22,23,24);/q;+1/p-1. The molecule has 0 aromatic rings. The van der Waals surface area contributed by atoms with Crippen molar-refractivity contribution in [3.05, 3.63) is 0 Å². The summed E-state index contributed by atoms with van der Waals surface area (Å²) >= 11 is 0. The van der Waals surface area contributed by atoms with E-state index in [1.807, 2.05) is 0 Å². The normalized spacial score (nSPS) is 11.5. The van der Waals surface area contributed by atoms with Crippen molar-refractivity contribution in [3.8, 4) is 0 Å². The second kappa shape index (κ2) is 22.2. The minimum Gasteiger partial charge on any atom is -0.748 e. The van der Waals surface area contributed by atoms with Crippen molar-refractivity contribution in [3.63, 3.8) is 0 Å². The fraction of sp³-hybridized carbons (Fsp3) is 1.00. The van der Waals surface area contributed by atoms with Gasteiger partial charge in [0.2, 0.25) is 0 Å². The molecule has 0 N–H and O–H groups in total. The SMILES string of the molecule is CCCCCCCCCCCCCCCCCCCCCS(=O)(=O)[O-].[Na+]. The summed E-state index contributed by atoms with van der Waals surface area (Å²) in [5.41, 5.74) is 0. The summed E-state index contributed by atoms with van der Waals surface area (Å²) in [5, 5.41) is 0. The predicted octanol–water partition coefficient (Wildman–Crippen LogP) is 3.97. The molecule has 0 aromatic carbocycles. The van der Waals surface area contributed by atoms with Gasteiger partial charge in [-0.15, -0.1) is 0 Å². The van der Waals surface area contributed by atoms with Crippen molar-refractivity contribution < 1.29 is 42.5 Å². The van der Waals surface area contributed by atoms with E-state index >= 15 is 0 Å². The van der Waals surface area contributed by atoms with Crippen LogP contribution in [0.3, 0.4) is 0 Å². The molecule has 0 unspecified atom stereocenters. The Morgan fingerprint density at radius 3 is 0.962 bits per heavy atom. The topological polar surface area (TPSA) is 57.2 Å². The molecule has 0 aliphatic carbocycles. The van der Waals surface area contributed by atoms with Crippen LogP contribution in [0.2, 0.25) is 0 Å². The maximum Gasteiger partial charge on any atom is 1.00 e. The molecule has 26 heavy (non-hydrogen) atoms. The maximum atomic E-state index is 10.5. The van der Waals surface area contributed by atoms with Crippen LogP contribution in [-0.4, -0.2) is 18.7 Å². The van der Waals surface area contributed by atoms with Gasteiger partial charge in [-0.2, -0.15) is 0 Å². The largest absolute Gasteiger partial charge is 1.00 e. The van der Waals surface area contributed by atoms with Gasteiger partial charge in [-0.25, -0.2) is 8.42 Å². The third-order valence-corrected chi connectivity index (χ3v) is 5.79. The van der Waals surface area contributed by atoms with Crippen LogP contribution in [-0.2, 0) is 10.1 Å². The Kier molecular flexibility index (Phi) is 24.9. The molecular weight excluding hydrogens is 355 g/mol. The van der Waals surface area contributed by atoms with E-state index in [4.69, 9.17) is 0 Å². The molecule has 0 saturated carbocycles. The molecule has 0 bridgehead atoms. The summed E-state index contributed by atoms with van der Waals surface area (Å²) in [6.45, 7) is 2.27. The number of rotatable bonds is 20. The van der Waals surface area contributed by atoms with Crippen molar-refractivity contribution in [1.82, 2.24) is 0 Å². The maximum absolute atomic E-state index is 10.5. The first-order valence-electron chi connectivity index (χ1n) is 11.0. The Balaban J connectivity index is 0. The molecular formula is C21H43NaO3S. The van der Waals surface area contributed by atoms with Crippen LogP contribution in [0, 0.1) is 0 Å². The summed E-state index contributed by atoms with van der Waals surface area (Å²) < 4.78 is 31.4. The first-order valence-corrected chi connectivity index (χ1v) is 12.6. The van der Waals surface area contributed by atoms with Gasteiger partial charge in [0, 0.05) is 5.75 Å². The Labute approximate surface area is 186 Å². The van der Waals surface area contributed by atoms with Gasteiger partial charge in [-0.1, -0.05) is 122 Å². The summed E-state index contributed by atoms with van der Waals surface area (Å²) in [7, 11) is -4.00. The molecule has 0 atom stereocenters. The van der Waals surface area contributed by atoms with Crippen LogP contribution in [0.1, 0.15) is 129 Å². The van der Waals surface area contributed by atoms with Gasteiger partial charge in [-0.3, -0.25) is 0 Å². The molecule has 0 amide bonds. The zero-order valence-corrected chi connectivity index (χ0v) is 20.6. The summed E-state index contributed by atoms with van der Waals surface area (Å²) in [6, 6.07) is 0. The molecule has 0 aliphatic heterocycles. The summed E-state index contributed by atoms with van der Waals surface area (Å²) in [5.74, 6) is -0.189. The summed E-state index contributed by atoms with van der Waals surface area (Å²) in [4.78, 5) is 0. The van der Waals surface area contributed by atoms with Crippen molar-refractivity contribution in [2.75, 3.05) is 5.75 Å². The van der Waals surface area contributed by atoms with Gasteiger partial charge in [0.25, 0.3) is 0 Å². The summed E-state index contributed by atoms with van der Waals surface area (Å²) in [6.07, 6.45) is 24.5. The third kappa shape index (κ3) is 27.1. The molecule has 3 nitrogen and oxygen atoms in total. The molecule has 0 aliphatic rings. The number of unbranched alkanes of at least 4 members (excludes halogenated alkanes) is 18. The Morgan fingerprint density at radius 1 is 0.500 bits per heavy atom. The van der Waals surface area contributed by atoms with Crippen molar-refractivity contribution in [1.29, 1.82) is 0 Å². The van der Waals surface area contributed by atoms with E-state index in [1.54, 1.807) is 0 Å². The van der Waals surface area contributed by atoms with Crippen LogP contribution in [0.4, 0.5) is 0 Å². The Hall–Kier alpha value is 0.910. The van der Waals surface area contributed by atoms with E-state index in [-0.39, 0.29) is 35.3 Å². The van der Waals surface area contributed by atoms with Crippen LogP contribution in [0.15, 0.2) is 0 Å². The fourth-order valence-corrected chi connectivity index (χ4v) is 3.91. The quantitative estimate of drug-likeness (QED) is 0.177. The minimum absolute atomic E-state index is 0. The van der Waals surface area contributed by atoms with E-state index in [1.165, 1.54) is 103 Å². The monoisotopic (exact) mass is 398 g/mol. The Morgan fingerprint density at radius 2 is 0.731 bits per heavy atom. The van der Waals surface area contributed by atoms with Gasteiger partial charge in [0.1, 0.15) is 0 Å². The molecule has 152 valence electrons. The van der Waals surface area contributed by atoms with Gasteiger partial charge in [0.15, 0.2) is 0 Å². The Bertz CT molecular complexity index is 358. The first-order chi connectivity index (χ1) is 12.1. The second-order valence-electron chi connectivity index (χ2n) is 7.63. The smallest absolute Gasteiger partial charge is 0.748 e. The third-order valence-electron chi connectivity index (χ3n) is 5.00. The van der Waals surface area contributed by atoms with Crippen LogP contribution >= 0.6 is 0 Å². The molecule has 0 rings (SSSR count). The fourth-order valence-electron chi connectivity index (χ4n) is 3.36. The molecule has 0 saturated heterocycles. The number of hydrogen-bond donors (Lipinski definition) is 0. The van der Waals surface area contributed by atoms with E-state index in [2.05, 4.69) is 6.92 Å². The van der Waals surface area contributed by atoms with E-state index in [9.17, 15) is 13.0 Å². The van der Waals surface area contributed by atoms with Crippen molar-refractivity contribution >= 4 is 10.1 Å². The average Bonchev–Trinajstić information content (AvgIpc) is 2.56. The molecule has 5 heteroatoms. The molecule has 0 fully saturated rings. The first kappa shape index (κ1) is 29.1. The van der Waals surface area contributed by atoms with Crippen LogP contribution in [0.5, 0.6) is 0 Å². The zero-order valence-electron chi connectivity index (χ0n) is 17.8. The van der Waals surface area contributed by atoms with Crippen LogP contribution < -0.4 is 29.6 Å². The van der Waals surface area contributed by atoms with Gasteiger partial charge in [0.05, 0.1) is 10.1 Å². The number of hydrogen-bond acceptors (Lipinski definition) is 3. The van der Waals surface area contributed by atoms with Crippen molar-refractivity contribution in [2.24, 2.45) is 0 Å². The van der Waals surface area contributed by atoms with Crippen molar-refractivity contribution in [2.45, 2.75) is 129 Å². The van der Waals surface area contributed by atoms with E-state index in [0.717, 1.165) is 12.8 Å². The average molecular weight is 399 g/mol. The van der Waals surface area contributed by atoms with Gasteiger partial charge < -0.3 is 4.55 Å². The van der Waals surface area contributed by atoms with Gasteiger partial charge in [-0.05, 0) is 6.42 Å². The van der Waals surface area contributed by atoms with E-state index < -0.39 is 10.1 Å². The second-order valence-corrected chi connectivity index (χ2v) is 9.15. The molecule has 0 heterocycles. The zero-order chi connectivity index (χ0) is 18.6. The van der Waals surface area contributed by atoms with Gasteiger partial charge >= 0.3 is 29.6 Å². The molecule has 0 aromatic heterocycles. The van der Waals surface area contributed by atoms with Crippen LogP contribution in [0.25, 0.3) is 0 Å². The minimum atomic E-state index is -4.00.